The summed E-state index contributed by atoms with van der Waals surface area (Å²) in [4.78, 5) is 24.3. The lowest BCUT2D eigenvalue weighted by molar-refractivity contribution is -0.157. The van der Waals surface area contributed by atoms with Crippen LogP contribution in [-0.2, 0) is 9.59 Å². The molecule has 1 aliphatic rings. The maximum Gasteiger partial charge on any atom is 0.406 e. The van der Waals surface area contributed by atoms with Gasteiger partial charge in [-0.3, -0.25) is 9.59 Å². The van der Waals surface area contributed by atoms with E-state index < -0.39 is 30.5 Å². The monoisotopic (exact) mass is 334 g/mol. The highest BCUT2D eigenvalue weighted by Crippen LogP contribution is 2.26. The van der Waals surface area contributed by atoms with E-state index in [-0.39, 0.29) is 13.0 Å². The Morgan fingerprint density at radius 1 is 1.45 bits per heavy atom. The molecule has 4 nitrogen and oxygen atoms in total. The first kappa shape index (κ1) is 16.6. The quantitative estimate of drug-likeness (QED) is 0.923. The maximum atomic E-state index is 12.3. The normalized spacial score (nSPS) is 18.7. The van der Waals surface area contributed by atoms with E-state index in [1.54, 1.807) is 25.1 Å². The number of amides is 2. The number of halogens is 4. The van der Waals surface area contributed by atoms with Crippen molar-refractivity contribution in [1.82, 2.24) is 4.90 Å². The smallest absolute Gasteiger partial charge is 0.333 e. The van der Waals surface area contributed by atoms with Gasteiger partial charge in [0.2, 0.25) is 11.8 Å². The maximum absolute atomic E-state index is 12.3. The molecule has 2 amide bonds. The molecule has 0 bridgehead atoms. The second kappa shape index (κ2) is 6.16. The highest BCUT2D eigenvalue weighted by Gasteiger charge is 2.40. The Kier molecular flexibility index (Phi) is 4.65. The van der Waals surface area contributed by atoms with Crippen molar-refractivity contribution in [2.45, 2.75) is 19.5 Å². The van der Waals surface area contributed by atoms with E-state index in [4.69, 9.17) is 11.6 Å². The molecule has 0 radical (unpaired) electrons. The van der Waals surface area contributed by atoms with Crippen LogP contribution in [0.1, 0.15) is 12.0 Å². The Hall–Kier alpha value is -1.76. The van der Waals surface area contributed by atoms with Crippen molar-refractivity contribution in [1.29, 1.82) is 0 Å². The van der Waals surface area contributed by atoms with Crippen LogP contribution in [-0.4, -0.2) is 36.0 Å². The lowest BCUT2D eigenvalue weighted by Crippen LogP contribution is -2.36. The molecule has 0 aliphatic carbocycles. The number of benzene rings is 1. The third-order valence-electron chi connectivity index (χ3n) is 3.41. The number of likely N-dealkylation sites (tertiary alicyclic amines) is 1. The van der Waals surface area contributed by atoms with Crippen molar-refractivity contribution in [3.63, 3.8) is 0 Å². The summed E-state index contributed by atoms with van der Waals surface area (Å²) in [5.74, 6) is -1.95. The number of hydrogen-bond acceptors (Lipinski definition) is 2. The molecule has 1 aliphatic heterocycles. The van der Waals surface area contributed by atoms with Crippen molar-refractivity contribution in [2.24, 2.45) is 5.92 Å². The molecule has 1 saturated heterocycles. The van der Waals surface area contributed by atoms with Crippen LogP contribution in [0, 0.1) is 12.8 Å². The number of hydrogen-bond donors (Lipinski definition) is 1. The third-order valence-corrected chi connectivity index (χ3v) is 3.65. The van der Waals surface area contributed by atoms with E-state index in [2.05, 4.69) is 5.32 Å². The second-order valence-corrected chi connectivity index (χ2v) is 5.68. The zero-order valence-electron chi connectivity index (χ0n) is 11.7. The standard InChI is InChI=1S/C14H14ClF3N2O2/c1-8-2-3-10(15)5-11(8)19-13(22)9-4-12(21)20(6-9)7-14(16,17)18/h2-3,5,9H,4,6-7H2,1H3,(H,19,22)/t9-/m0/s1. The molecule has 1 fully saturated rings. The van der Waals surface area contributed by atoms with Crippen molar-refractivity contribution in [2.75, 3.05) is 18.4 Å². The van der Waals surface area contributed by atoms with Gasteiger partial charge in [-0.2, -0.15) is 13.2 Å². The zero-order chi connectivity index (χ0) is 16.5. The fraction of sp³-hybridized carbons (Fsp3) is 0.429. The number of aryl methyl sites for hydroxylation is 1. The fourth-order valence-electron chi connectivity index (χ4n) is 2.28. The van der Waals surface area contributed by atoms with E-state index in [0.29, 0.717) is 15.6 Å². The van der Waals surface area contributed by atoms with Crippen molar-refractivity contribution in [3.05, 3.63) is 28.8 Å². The number of anilines is 1. The molecule has 0 unspecified atom stereocenters. The minimum atomic E-state index is -4.47. The van der Waals surface area contributed by atoms with E-state index in [0.717, 1.165) is 5.56 Å². The molecule has 2 rings (SSSR count). The lowest BCUT2D eigenvalue weighted by atomic mass is 10.1. The number of carbonyl (C=O) groups excluding carboxylic acids is 2. The first-order chi connectivity index (χ1) is 10.2. The van der Waals surface area contributed by atoms with Gasteiger partial charge in [-0.1, -0.05) is 17.7 Å². The number of nitrogens with one attached hydrogen (secondary N) is 1. The molecule has 0 aromatic heterocycles. The number of nitrogens with zero attached hydrogens (tertiary/aromatic N) is 1. The molecule has 1 aromatic rings. The molecule has 22 heavy (non-hydrogen) atoms. The van der Waals surface area contributed by atoms with E-state index in [9.17, 15) is 22.8 Å². The Bertz CT molecular complexity index is 604. The van der Waals surface area contributed by atoms with Crippen LogP contribution in [0.3, 0.4) is 0 Å². The average Bonchev–Trinajstić information content (AvgIpc) is 2.73. The minimum Gasteiger partial charge on any atom is -0.333 e. The minimum absolute atomic E-state index is 0.221. The first-order valence-electron chi connectivity index (χ1n) is 6.57. The number of rotatable bonds is 3. The van der Waals surface area contributed by atoms with Crippen LogP contribution in [0.4, 0.5) is 18.9 Å². The molecule has 1 atom stereocenters. The Balaban J connectivity index is 2.02. The summed E-state index contributed by atoms with van der Waals surface area (Å²) in [7, 11) is 0. The third kappa shape index (κ3) is 4.13. The Morgan fingerprint density at radius 3 is 2.77 bits per heavy atom. The van der Waals surface area contributed by atoms with Gasteiger partial charge >= 0.3 is 6.18 Å². The van der Waals surface area contributed by atoms with Gasteiger partial charge in [0.05, 0.1) is 5.92 Å². The molecule has 1 N–H and O–H groups in total. The van der Waals surface area contributed by atoms with E-state index in [1.807, 2.05) is 0 Å². The summed E-state index contributed by atoms with van der Waals surface area (Å²) in [6, 6.07) is 4.93. The summed E-state index contributed by atoms with van der Waals surface area (Å²) in [6.45, 7) is 0.206. The molecule has 120 valence electrons. The average molecular weight is 335 g/mol. The van der Waals surface area contributed by atoms with Gasteiger partial charge in [0.15, 0.2) is 0 Å². The molecule has 1 heterocycles. The van der Waals surface area contributed by atoms with Crippen molar-refractivity contribution < 1.29 is 22.8 Å². The predicted octanol–water partition coefficient (Wildman–Crippen LogP) is 3.00. The zero-order valence-corrected chi connectivity index (χ0v) is 12.5. The van der Waals surface area contributed by atoms with Crippen LogP contribution in [0.5, 0.6) is 0 Å². The molecule has 0 spiro atoms. The number of carbonyl (C=O) groups is 2. The summed E-state index contributed by atoms with van der Waals surface area (Å²) >= 11 is 5.84. The summed E-state index contributed by atoms with van der Waals surface area (Å²) in [5.41, 5.74) is 1.26. The predicted molar refractivity (Wildman–Crippen MR) is 75.6 cm³/mol. The lowest BCUT2D eigenvalue weighted by Gasteiger charge is -2.18. The SMILES string of the molecule is Cc1ccc(Cl)cc1NC(=O)[C@H]1CC(=O)N(CC(F)(F)F)C1. The van der Waals surface area contributed by atoms with Crippen LogP contribution >= 0.6 is 11.6 Å². The number of alkyl halides is 3. The molecule has 8 heteroatoms. The topological polar surface area (TPSA) is 49.4 Å². The molecular formula is C14H14ClF3N2O2. The highest BCUT2D eigenvalue weighted by atomic mass is 35.5. The van der Waals surface area contributed by atoms with Gasteiger partial charge in [0.25, 0.3) is 0 Å². The first-order valence-corrected chi connectivity index (χ1v) is 6.95. The van der Waals surface area contributed by atoms with Gasteiger partial charge in [-0.25, -0.2) is 0 Å². The van der Waals surface area contributed by atoms with Crippen LogP contribution in [0.15, 0.2) is 18.2 Å². The van der Waals surface area contributed by atoms with Crippen LogP contribution < -0.4 is 5.32 Å². The molecular weight excluding hydrogens is 321 g/mol. The second-order valence-electron chi connectivity index (χ2n) is 5.24. The Morgan fingerprint density at radius 2 is 2.14 bits per heavy atom. The van der Waals surface area contributed by atoms with E-state index in [1.165, 1.54) is 0 Å². The fourth-order valence-corrected chi connectivity index (χ4v) is 2.45. The Labute approximate surface area is 130 Å². The molecule has 1 aromatic carbocycles. The van der Waals surface area contributed by atoms with Crippen molar-refractivity contribution in [3.8, 4) is 0 Å². The van der Waals surface area contributed by atoms with Gasteiger partial charge < -0.3 is 10.2 Å². The van der Waals surface area contributed by atoms with Gasteiger partial charge in [0, 0.05) is 23.7 Å². The van der Waals surface area contributed by atoms with Crippen molar-refractivity contribution >= 4 is 29.1 Å². The van der Waals surface area contributed by atoms with Crippen LogP contribution in [0.25, 0.3) is 0 Å². The highest BCUT2D eigenvalue weighted by molar-refractivity contribution is 6.31. The largest absolute Gasteiger partial charge is 0.406 e. The summed E-state index contributed by atoms with van der Waals surface area (Å²) in [5, 5.41) is 3.05. The summed E-state index contributed by atoms with van der Waals surface area (Å²) in [6.07, 6.45) is -4.69. The van der Waals surface area contributed by atoms with Gasteiger partial charge in [-0.15, -0.1) is 0 Å². The van der Waals surface area contributed by atoms with Gasteiger partial charge in [0.1, 0.15) is 6.54 Å². The van der Waals surface area contributed by atoms with E-state index >= 15 is 0 Å². The van der Waals surface area contributed by atoms with Gasteiger partial charge in [-0.05, 0) is 24.6 Å². The van der Waals surface area contributed by atoms with Crippen LogP contribution in [0.2, 0.25) is 5.02 Å². The molecule has 0 saturated carbocycles. The summed E-state index contributed by atoms with van der Waals surface area (Å²) < 4.78 is 37.0.